The van der Waals surface area contributed by atoms with E-state index in [1.54, 1.807) is 18.3 Å². The fourth-order valence-electron chi connectivity index (χ4n) is 3.69. The van der Waals surface area contributed by atoms with Gasteiger partial charge in [0.15, 0.2) is 0 Å². The number of likely N-dealkylation sites (N-methyl/N-ethyl adjacent to an activating group) is 1. The van der Waals surface area contributed by atoms with Crippen molar-refractivity contribution in [2.75, 3.05) is 25.1 Å². The number of nitrogens with one attached hydrogen (secondary N) is 1. The fraction of sp³-hybridized carbons (Fsp3) is 0.240. The first-order valence-corrected chi connectivity index (χ1v) is 10.5. The first kappa shape index (κ1) is 21.3. The number of ether oxygens (including phenoxy) is 2. The van der Waals surface area contributed by atoms with Crippen molar-refractivity contribution in [1.82, 2.24) is 9.88 Å². The Kier molecular flexibility index (Phi) is 6.63. The molecular weight excluding hydrogens is 404 g/mol. The third kappa shape index (κ3) is 5.05. The number of morpholine rings is 1. The molecule has 1 aliphatic heterocycles. The van der Waals surface area contributed by atoms with Gasteiger partial charge in [-0.2, -0.15) is 0 Å². The summed E-state index contributed by atoms with van der Waals surface area (Å²) >= 11 is 0. The summed E-state index contributed by atoms with van der Waals surface area (Å²) in [5.41, 5.74) is 2.42. The van der Waals surface area contributed by atoms with E-state index in [1.165, 1.54) is 0 Å². The van der Waals surface area contributed by atoms with Crippen LogP contribution in [0.5, 0.6) is 11.5 Å². The molecule has 2 heterocycles. The average molecular weight is 428 g/mol. The lowest BCUT2D eigenvalue weighted by atomic mass is 10.0. The minimum absolute atomic E-state index is 0.0509. The van der Waals surface area contributed by atoms with Crippen LogP contribution in [0.1, 0.15) is 12.5 Å². The lowest BCUT2D eigenvalue weighted by molar-refractivity contribution is -0.147. The van der Waals surface area contributed by atoms with Gasteiger partial charge < -0.3 is 19.7 Å². The molecule has 1 N–H and O–H groups in total. The van der Waals surface area contributed by atoms with Gasteiger partial charge in [-0.3, -0.25) is 9.78 Å². The summed E-state index contributed by atoms with van der Waals surface area (Å²) in [6, 6.07) is 18.9. The summed E-state index contributed by atoms with van der Waals surface area (Å²) in [6.07, 6.45) is 2.40. The van der Waals surface area contributed by atoms with Crippen molar-refractivity contribution in [3.05, 3.63) is 83.8 Å². The smallest absolute Gasteiger partial charge is 0.248 e. The lowest BCUT2D eigenvalue weighted by Gasteiger charge is -2.34. The third-order valence-electron chi connectivity index (χ3n) is 5.29. The van der Waals surface area contributed by atoms with E-state index in [9.17, 15) is 4.79 Å². The van der Waals surface area contributed by atoms with Crippen LogP contribution in [0.15, 0.2) is 66.9 Å². The maximum absolute atomic E-state index is 12.0. The van der Waals surface area contributed by atoms with Crippen LogP contribution in [0, 0.1) is 6.57 Å². The molecule has 0 aliphatic carbocycles. The predicted molar refractivity (Wildman–Crippen MR) is 122 cm³/mol. The second kappa shape index (κ2) is 9.94. The molecular formula is C25H24N4O3. The molecule has 1 atom stereocenters. The summed E-state index contributed by atoms with van der Waals surface area (Å²) in [6.45, 7) is 10.7. The minimum Gasteiger partial charge on any atom is -0.457 e. The molecule has 1 aromatic heterocycles. The van der Waals surface area contributed by atoms with Crippen LogP contribution in [0.4, 0.5) is 17.2 Å². The van der Waals surface area contributed by atoms with Crippen LogP contribution < -0.4 is 10.1 Å². The Bertz CT molecular complexity index is 1110. The van der Waals surface area contributed by atoms with Gasteiger partial charge in [0.05, 0.1) is 19.2 Å². The van der Waals surface area contributed by atoms with Gasteiger partial charge in [0.1, 0.15) is 23.9 Å². The fourth-order valence-corrected chi connectivity index (χ4v) is 3.69. The van der Waals surface area contributed by atoms with Gasteiger partial charge in [0.25, 0.3) is 0 Å². The van der Waals surface area contributed by atoms with Gasteiger partial charge in [-0.1, -0.05) is 24.3 Å². The third-order valence-corrected chi connectivity index (χ3v) is 5.29. The second-order valence-corrected chi connectivity index (χ2v) is 7.43. The standard InChI is InChI=1S/C25H24N4O3/c1-3-29-20(16-31-17-24(29)30)15-18-6-10-21(11-7-18)32-22-12-8-19(9-13-22)28-25-23(26-2)5-4-14-27-25/h4-14,20H,3,15-17H2,1H3,(H,27,28). The number of hydrogen-bond donors (Lipinski definition) is 1. The predicted octanol–water partition coefficient (Wildman–Crippen LogP) is 4.96. The van der Waals surface area contributed by atoms with E-state index in [2.05, 4.69) is 15.1 Å². The Morgan fingerprint density at radius 1 is 1.16 bits per heavy atom. The first-order chi connectivity index (χ1) is 15.7. The van der Waals surface area contributed by atoms with Crippen molar-refractivity contribution < 1.29 is 14.3 Å². The highest BCUT2D eigenvalue weighted by Gasteiger charge is 2.27. The van der Waals surface area contributed by atoms with Crippen molar-refractivity contribution in [2.24, 2.45) is 0 Å². The summed E-state index contributed by atoms with van der Waals surface area (Å²) in [5.74, 6) is 2.02. The van der Waals surface area contributed by atoms with E-state index in [0.717, 1.165) is 23.4 Å². The topological polar surface area (TPSA) is 68.0 Å². The Balaban J connectivity index is 1.36. The molecule has 0 saturated carbocycles. The summed E-state index contributed by atoms with van der Waals surface area (Å²) < 4.78 is 11.4. The molecule has 1 unspecified atom stereocenters. The molecule has 4 rings (SSSR count). The quantitative estimate of drug-likeness (QED) is 0.539. The van der Waals surface area contributed by atoms with E-state index in [0.29, 0.717) is 30.4 Å². The summed E-state index contributed by atoms with van der Waals surface area (Å²) in [5, 5.41) is 3.15. The first-order valence-electron chi connectivity index (χ1n) is 10.5. The van der Waals surface area contributed by atoms with Crippen molar-refractivity contribution in [2.45, 2.75) is 19.4 Å². The van der Waals surface area contributed by atoms with Crippen molar-refractivity contribution >= 4 is 23.1 Å². The number of nitrogens with zero attached hydrogens (tertiary/aromatic N) is 3. The molecule has 1 saturated heterocycles. The van der Waals surface area contributed by atoms with Gasteiger partial charge in [-0.05, 0) is 55.3 Å². The van der Waals surface area contributed by atoms with Gasteiger partial charge in [-0.15, -0.1) is 0 Å². The van der Waals surface area contributed by atoms with Crippen LogP contribution in [0.25, 0.3) is 4.85 Å². The molecule has 0 radical (unpaired) electrons. The SMILES string of the molecule is [C-]#[N+]c1cccnc1Nc1ccc(Oc2ccc(CC3COCC(=O)N3CC)cc2)cc1. The monoisotopic (exact) mass is 428 g/mol. The zero-order chi connectivity index (χ0) is 22.3. The largest absolute Gasteiger partial charge is 0.457 e. The Hall–Kier alpha value is -3.89. The molecule has 0 spiro atoms. The number of aromatic nitrogens is 1. The van der Waals surface area contributed by atoms with Crippen molar-refractivity contribution in [1.29, 1.82) is 0 Å². The number of pyridine rings is 1. The number of benzene rings is 2. The van der Waals surface area contributed by atoms with Gasteiger partial charge in [0.2, 0.25) is 11.6 Å². The average Bonchev–Trinajstić information content (AvgIpc) is 2.82. The summed E-state index contributed by atoms with van der Waals surface area (Å²) in [7, 11) is 0. The van der Waals surface area contributed by atoms with Gasteiger partial charge >= 0.3 is 0 Å². The van der Waals surface area contributed by atoms with Crippen molar-refractivity contribution in [3.63, 3.8) is 0 Å². The number of carbonyl (C=O) groups excluding carboxylic acids is 1. The highest BCUT2D eigenvalue weighted by atomic mass is 16.5. The molecule has 3 aromatic rings. The van der Waals surface area contributed by atoms with E-state index in [1.807, 2.05) is 60.4 Å². The van der Waals surface area contributed by atoms with Crippen LogP contribution >= 0.6 is 0 Å². The molecule has 2 aromatic carbocycles. The number of hydrogen-bond acceptors (Lipinski definition) is 5. The maximum Gasteiger partial charge on any atom is 0.248 e. The van der Waals surface area contributed by atoms with E-state index in [-0.39, 0.29) is 18.6 Å². The Labute approximate surface area is 187 Å². The molecule has 162 valence electrons. The molecule has 1 aliphatic rings. The second-order valence-electron chi connectivity index (χ2n) is 7.43. The highest BCUT2D eigenvalue weighted by Crippen LogP contribution is 2.28. The highest BCUT2D eigenvalue weighted by molar-refractivity contribution is 5.78. The van der Waals surface area contributed by atoms with Crippen LogP contribution in [0.3, 0.4) is 0 Å². The number of rotatable bonds is 7. The lowest BCUT2D eigenvalue weighted by Crippen LogP contribution is -2.50. The molecule has 7 heteroatoms. The zero-order valence-electron chi connectivity index (χ0n) is 17.8. The van der Waals surface area contributed by atoms with Crippen LogP contribution in [0.2, 0.25) is 0 Å². The molecule has 0 bridgehead atoms. The Morgan fingerprint density at radius 2 is 1.88 bits per heavy atom. The van der Waals surface area contributed by atoms with Crippen LogP contribution in [-0.2, 0) is 16.0 Å². The molecule has 1 fully saturated rings. The zero-order valence-corrected chi connectivity index (χ0v) is 17.8. The molecule has 1 amide bonds. The van der Waals surface area contributed by atoms with Gasteiger partial charge in [-0.25, -0.2) is 4.85 Å². The maximum atomic E-state index is 12.0. The molecule has 7 nitrogen and oxygen atoms in total. The minimum atomic E-state index is 0.0509. The Morgan fingerprint density at radius 3 is 2.56 bits per heavy atom. The van der Waals surface area contributed by atoms with E-state index < -0.39 is 0 Å². The van der Waals surface area contributed by atoms with Crippen molar-refractivity contribution in [3.8, 4) is 11.5 Å². The van der Waals surface area contributed by atoms with E-state index >= 15 is 0 Å². The summed E-state index contributed by atoms with van der Waals surface area (Å²) in [4.78, 5) is 21.6. The van der Waals surface area contributed by atoms with Crippen LogP contribution in [-0.4, -0.2) is 41.6 Å². The number of anilines is 2. The number of carbonyl (C=O) groups is 1. The normalized spacial score (nSPS) is 15.8. The van der Waals surface area contributed by atoms with E-state index in [4.69, 9.17) is 16.0 Å². The number of amides is 1. The van der Waals surface area contributed by atoms with Gasteiger partial charge in [0, 0.05) is 18.4 Å². The molecule has 32 heavy (non-hydrogen) atoms.